The van der Waals surface area contributed by atoms with E-state index in [9.17, 15) is 30.7 Å². The molecular weight excluding hydrogens is 372 g/mol. The summed E-state index contributed by atoms with van der Waals surface area (Å²) in [6.07, 6.45) is -0.554. The predicted molar refractivity (Wildman–Crippen MR) is 89.4 cm³/mol. The molecule has 9 nitrogen and oxygen atoms in total. The average molecular weight is 386 g/mol. The van der Waals surface area contributed by atoms with Crippen LogP contribution in [-0.4, -0.2) is 31.7 Å². The van der Waals surface area contributed by atoms with Gasteiger partial charge in [-0.1, -0.05) is 6.07 Å². The molecule has 0 saturated carbocycles. The van der Waals surface area contributed by atoms with E-state index >= 15 is 0 Å². The number of benzene rings is 2. The van der Waals surface area contributed by atoms with Gasteiger partial charge in [0.15, 0.2) is 5.78 Å². The quantitative estimate of drug-likeness (QED) is 0.328. The van der Waals surface area contributed by atoms with Crippen LogP contribution in [0.4, 0.5) is 11.4 Å². The van der Waals surface area contributed by atoms with Gasteiger partial charge >= 0.3 is 0 Å². The lowest BCUT2D eigenvalue weighted by Gasteiger charge is -2.10. The molecule has 6 N–H and O–H groups in total. The Bertz CT molecular complexity index is 1060. The van der Waals surface area contributed by atoms with Crippen LogP contribution in [0, 0.1) is 0 Å². The summed E-state index contributed by atoms with van der Waals surface area (Å²) >= 11 is 0. The molecule has 2 aromatic carbocycles. The Morgan fingerprint density at radius 3 is 1.84 bits per heavy atom. The maximum Gasteiger partial charge on any atom is 0.295 e. The number of Topliss-reactive ketones (excluding diaryl/α,β-unsaturated/α-hetero) is 1. The van der Waals surface area contributed by atoms with Gasteiger partial charge in [-0.25, -0.2) is 0 Å². The van der Waals surface area contributed by atoms with Gasteiger partial charge in [0.25, 0.3) is 20.2 Å². The Morgan fingerprint density at radius 1 is 0.840 bits per heavy atom. The van der Waals surface area contributed by atoms with Gasteiger partial charge < -0.3 is 11.5 Å². The molecule has 0 aliphatic carbocycles. The molecular formula is C14H14N2O7S2. The number of nitrogen functional groups attached to an aromatic ring is 2. The van der Waals surface area contributed by atoms with Gasteiger partial charge in [-0.05, 0) is 35.9 Å². The summed E-state index contributed by atoms with van der Waals surface area (Å²) in [6, 6.07) is 6.80. The lowest BCUT2D eigenvalue weighted by molar-refractivity contribution is 0.0989. The molecule has 0 amide bonds. The first-order chi connectivity index (χ1) is 11.4. The summed E-state index contributed by atoms with van der Waals surface area (Å²) in [5.74, 6) is -0.803. The Morgan fingerprint density at radius 2 is 1.32 bits per heavy atom. The third-order valence-electron chi connectivity index (χ3n) is 3.30. The van der Waals surface area contributed by atoms with E-state index in [0.29, 0.717) is 0 Å². The van der Waals surface area contributed by atoms with Crippen molar-refractivity contribution in [3.63, 3.8) is 0 Å². The summed E-state index contributed by atoms with van der Waals surface area (Å²) in [5, 5.41) is 0. The molecule has 134 valence electrons. The van der Waals surface area contributed by atoms with Crippen molar-refractivity contribution >= 4 is 37.4 Å². The van der Waals surface area contributed by atoms with E-state index in [0.717, 1.165) is 18.2 Å². The highest BCUT2D eigenvalue weighted by Gasteiger charge is 2.23. The molecule has 0 aromatic heterocycles. The molecule has 0 atom stereocenters. The van der Waals surface area contributed by atoms with Crippen LogP contribution >= 0.6 is 0 Å². The molecule has 0 spiro atoms. The average Bonchev–Trinajstić information content (AvgIpc) is 2.47. The van der Waals surface area contributed by atoms with E-state index in [1.807, 2.05) is 0 Å². The first-order valence-corrected chi connectivity index (χ1v) is 9.53. The maximum absolute atomic E-state index is 12.4. The highest BCUT2D eigenvalue weighted by molar-refractivity contribution is 7.86. The smallest absolute Gasteiger partial charge is 0.295 e. The van der Waals surface area contributed by atoms with Crippen LogP contribution in [0.5, 0.6) is 0 Å². The molecule has 0 heterocycles. The van der Waals surface area contributed by atoms with E-state index < -0.39 is 42.2 Å². The number of anilines is 2. The fourth-order valence-electron chi connectivity index (χ4n) is 2.21. The molecule has 0 bridgehead atoms. The van der Waals surface area contributed by atoms with Gasteiger partial charge in [-0.2, -0.15) is 16.8 Å². The predicted octanol–water partition coefficient (Wildman–Crippen LogP) is 0.770. The molecule has 2 aromatic rings. The van der Waals surface area contributed by atoms with Crippen LogP contribution in [0.15, 0.2) is 46.2 Å². The van der Waals surface area contributed by atoms with Crippen LogP contribution in [0.1, 0.15) is 15.9 Å². The van der Waals surface area contributed by atoms with Crippen molar-refractivity contribution < 1.29 is 30.7 Å². The highest BCUT2D eigenvalue weighted by Crippen LogP contribution is 2.24. The molecule has 0 aliphatic rings. The van der Waals surface area contributed by atoms with Crippen LogP contribution < -0.4 is 11.5 Å². The summed E-state index contributed by atoms with van der Waals surface area (Å²) in [6.45, 7) is 0. The van der Waals surface area contributed by atoms with Crippen molar-refractivity contribution in [3.05, 3.63) is 47.5 Å². The molecule has 2 rings (SSSR count). The molecule has 25 heavy (non-hydrogen) atoms. The van der Waals surface area contributed by atoms with Gasteiger partial charge in [0, 0.05) is 23.4 Å². The van der Waals surface area contributed by atoms with Crippen molar-refractivity contribution in [1.29, 1.82) is 0 Å². The van der Waals surface area contributed by atoms with Crippen molar-refractivity contribution in [2.24, 2.45) is 0 Å². The third kappa shape index (κ3) is 4.33. The van der Waals surface area contributed by atoms with Gasteiger partial charge in [0.2, 0.25) is 0 Å². The fourth-order valence-corrected chi connectivity index (χ4v) is 3.71. The van der Waals surface area contributed by atoms with Gasteiger partial charge in [0.05, 0.1) is 4.90 Å². The van der Waals surface area contributed by atoms with Crippen LogP contribution in [0.25, 0.3) is 0 Å². The van der Waals surface area contributed by atoms with E-state index in [4.69, 9.17) is 11.5 Å². The van der Waals surface area contributed by atoms with Crippen LogP contribution in [-0.2, 0) is 26.7 Å². The summed E-state index contributed by atoms with van der Waals surface area (Å²) in [5.41, 5.74) is 10.5. The third-order valence-corrected chi connectivity index (χ3v) is 5.13. The molecule has 11 heteroatoms. The highest BCUT2D eigenvalue weighted by atomic mass is 32.2. The lowest BCUT2D eigenvalue weighted by Crippen LogP contribution is -2.13. The van der Waals surface area contributed by atoms with Crippen LogP contribution in [0.3, 0.4) is 0 Å². The van der Waals surface area contributed by atoms with E-state index in [1.165, 1.54) is 18.2 Å². The number of hydrogen-bond acceptors (Lipinski definition) is 7. The summed E-state index contributed by atoms with van der Waals surface area (Å²) in [7, 11) is -9.38. The minimum Gasteiger partial charge on any atom is -0.399 e. The number of ketones is 1. The molecule has 0 radical (unpaired) electrons. The minimum absolute atomic E-state index is 0.00952. The molecule has 0 aliphatic heterocycles. The largest absolute Gasteiger partial charge is 0.399 e. The van der Waals surface area contributed by atoms with E-state index in [-0.39, 0.29) is 22.5 Å². The molecule has 0 fully saturated rings. The number of rotatable bonds is 5. The number of carbonyl (C=O) groups is 1. The van der Waals surface area contributed by atoms with Gasteiger partial charge in [0.1, 0.15) is 4.90 Å². The Hall–Kier alpha value is -2.47. The summed E-state index contributed by atoms with van der Waals surface area (Å²) in [4.78, 5) is 11.2. The van der Waals surface area contributed by atoms with Gasteiger partial charge in [-0.15, -0.1) is 0 Å². The Kier molecular flexibility index (Phi) is 4.86. The number of hydrogen-bond donors (Lipinski definition) is 4. The normalized spacial score (nSPS) is 12.1. The Labute approximate surface area is 143 Å². The van der Waals surface area contributed by atoms with Gasteiger partial charge in [-0.3, -0.25) is 13.9 Å². The molecule has 0 unspecified atom stereocenters. The van der Waals surface area contributed by atoms with E-state index in [2.05, 4.69) is 0 Å². The second-order valence-corrected chi connectivity index (χ2v) is 7.95. The van der Waals surface area contributed by atoms with Crippen molar-refractivity contribution in [1.82, 2.24) is 0 Å². The SMILES string of the molecule is Nc1ccc(CC(=O)c2ccc(N)cc2S(=O)(=O)O)c(S(=O)(=O)O)c1. The first-order valence-electron chi connectivity index (χ1n) is 6.65. The fraction of sp³-hybridized carbons (Fsp3) is 0.0714. The van der Waals surface area contributed by atoms with Crippen LogP contribution in [0.2, 0.25) is 0 Å². The zero-order chi connectivity index (χ0) is 19.0. The molecule has 0 saturated heterocycles. The standard InChI is InChI=1S/C14H14N2O7S2/c15-9-2-1-8(13(6-9)24(18,19)20)5-12(17)11-4-3-10(16)7-14(11)25(21,22)23/h1-4,6-7H,5,15-16H2,(H,18,19,20)(H,21,22,23). The summed E-state index contributed by atoms with van der Waals surface area (Å²) < 4.78 is 64.2. The lowest BCUT2D eigenvalue weighted by atomic mass is 10.0. The second kappa shape index (κ2) is 6.44. The number of carbonyl (C=O) groups excluding carboxylic acids is 1. The number of nitrogens with two attached hydrogens (primary N) is 2. The minimum atomic E-state index is -4.73. The Balaban J connectivity index is 2.53. The maximum atomic E-state index is 12.4. The van der Waals surface area contributed by atoms with Crippen molar-refractivity contribution in [3.8, 4) is 0 Å². The second-order valence-electron chi connectivity index (χ2n) is 5.17. The monoisotopic (exact) mass is 386 g/mol. The van der Waals surface area contributed by atoms with E-state index in [1.54, 1.807) is 0 Å². The van der Waals surface area contributed by atoms with Crippen molar-refractivity contribution in [2.45, 2.75) is 16.2 Å². The zero-order valence-electron chi connectivity index (χ0n) is 12.6. The van der Waals surface area contributed by atoms with Crippen molar-refractivity contribution in [2.75, 3.05) is 11.5 Å². The zero-order valence-corrected chi connectivity index (χ0v) is 14.2. The topological polar surface area (TPSA) is 178 Å². The first kappa shape index (κ1) is 18.9.